The lowest BCUT2D eigenvalue weighted by molar-refractivity contribution is -0.899. The Hall–Kier alpha value is -1.40. The van der Waals surface area contributed by atoms with Crippen molar-refractivity contribution >= 4 is 33.5 Å². The lowest BCUT2D eigenvalue weighted by atomic mass is 9.98. The van der Waals surface area contributed by atoms with Crippen LogP contribution < -0.4 is 10.2 Å². The Kier molecular flexibility index (Phi) is 6.39. The van der Waals surface area contributed by atoms with Crippen LogP contribution in [0.3, 0.4) is 0 Å². The van der Waals surface area contributed by atoms with Gasteiger partial charge in [0.15, 0.2) is 6.54 Å². The third-order valence-corrected chi connectivity index (χ3v) is 4.31. The number of ether oxygens (including phenoxy) is 1. The first-order chi connectivity index (χ1) is 10.6. The van der Waals surface area contributed by atoms with E-state index in [9.17, 15) is 9.59 Å². The van der Waals surface area contributed by atoms with Gasteiger partial charge in [-0.3, -0.25) is 9.59 Å². The Morgan fingerprint density at radius 1 is 1.36 bits per heavy atom. The fourth-order valence-corrected chi connectivity index (χ4v) is 3.00. The molecule has 0 aromatic heterocycles. The first-order valence-electron chi connectivity index (χ1n) is 7.64. The number of amides is 1. The van der Waals surface area contributed by atoms with Crippen LogP contribution in [0.25, 0.3) is 0 Å². The highest BCUT2D eigenvalue weighted by Crippen LogP contribution is 2.14. The van der Waals surface area contributed by atoms with E-state index in [2.05, 4.69) is 21.2 Å². The molecule has 1 aliphatic heterocycles. The molecule has 1 aromatic rings. The molecule has 0 radical (unpaired) electrons. The van der Waals surface area contributed by atoms with Gasteiger partial charge in [-0.25, -0.2) is 0 Å². The van der Waals surface area contributed by atoms with Crippen molar-refractivity contribution in [3.05, 3.63) is 28.7 Å². The Morgan fingerprint density at radius 3 is 2.77 bits per heavy atom. The molecule has 1 aromatic carbocycles. The zero-order valence-electron chi connectivity index (χ0n) is 12.7. The van der Waals surface area contributed by atoms with E-state index in [1.54, 1.807) is 0 Å². The number of rotatable bonds is 5. The van der Waals surface area contributed by atoms with Gasteiger partial charge < -0.3 is 15.0 Å². The Morgan fingerprint density at radius 2 is 2.09 bits per heavy atom. The predicted molar refractivity (Wildman–Crippen MR) is 87.7 cm³/mol. The van der Waals surface area contributed by atoms with Crippen molar-refractivity contribution in [3.8, 4) is 0 Å². The Bertz CT molecular complexity index is 519. The van der Waals surface area contributed by atoms with E-state index >= 15 is 0 Å². The number of nitrogens with one attached hydrogen (secondary N) is 2. The van der Waals surface area contributed by atoms with Gasteiger partial charge in [0.05, 0.1) is 19.7 Å². The monoisotopic (exact) mass is 369 g/mol. The van der Waals surface area contributed by atoms with E-state index in [1.165, 1.54) is 0 Å². The molecule has 1 aliphatic rings. The van der Waals surface area contributed by atoms with Crippen LogP contribution in [0.2, 0.25) is 0 Å². The van der Waals surface area contributed by atoms with Gasteiger partial charge in [-0.1, -0.05) is 15.9 Å². The smallest absolute Gasteiger partial charge is 0.314 e. The number of hydrogen-bond donors (Lipinski definition) is 2. The first-order valence-corrected chi connectivity index (χ1v) is 8.43. The highest BCUT2D eigenvalue weighted by atomic mass is 79.9. The van der Waals surface area contributed by atoms with E-state index in [0.717, 1.165) is 34.4 Å². The minimum absolute atomic E-state index is 0.0261. The molecule has 6 heteroatoms. The summed E-state index contributed by atoms with van der Waals surface area (Å²) in [5.41, 5.74) is 0.784. The standard InChI is InChI=1S/C16H21BrN2O3/c1-2-22-16(21)12-4-3-9-19(10-12)11-15(20)18-14-7-5-13(17)6-8-14/h5-8,12H,2-4,9-11H2,1H3,(H,18,20)/p+1/t12-/m1/s1. The fraction of sp³-hybridized carbons (Fsp3) is 0.500. The quantitative estimate of drug-likeness (QED) is 0.767. The van der Waals surface area contributed by atoms with Crippen molar-refractivity contribution in [2.45, 2.75) is 19.8 Å². The molecule has 2 atom stereocenters. The normalized spacial score (nSPS) is 21.2. The summed E-state index contributed by atoms with van der Waals surface area (Å²) < 4.78 is 6.06. The minimum Gasteiger partial charge on any atom is -0.466 e. The number of piperidine rings is 1. The minimum atomic E-state index is -0.131. The lowest BCUT2D eigenvalue weighted by Crippen LogP contribution is -3.14. The molecular formula is C16H22BrN2O3+. The summed E-state index contributed by atoms with van der Waals surface area (Å²) in [4.78, 5) is 25.1. The van der Waals surface area contributed by atoms with Gasteiger partial charge in [-0.05, 0) is 44.0 Å². The number of halogens is 1. The summed E-state index contributed by atoms with van der Waals surface area (Å²) in [6.45, 7) is 4.20. The van der Waals surface area contributed by atoms with Crippen molar-refractivity contribution < 1.29 is 19.2 Å². The number of benzene rings is 1. The summed E-state index contributed by atoms with van der Waals surface area (Å²) in [6, 6.07) is 7.49. The molecule has 22 heavy (non-hydrogen) atoms. The first kappa shape index (κ1) is 17.0. The Labute approximate surface area is 139 Å². The van der Waals surface area contributed by atoms with Crippen LogP contribution >= 0.6 is 15.9 Å². The average Bonchev–Trinajstić information content (AvgIpc) is 2.50. The summed E-state index contributed by atoms with van der Waals surface area (Å²) >= 11 is 3.36. The summed E-state index contributed by atoms with van der Waals surface area (Å²) in [7, 11) is 0. The van der Waals surface area contributed by atoms with E-state index < -0.39 is 0 Å². The molecule has 0 aliphatic carbocycles. The van der Waals surface area contributed by atoms with Crippen molar-refractivity contribution in [3.63, 3.8) is 0 Å². The topological polar surface area (TPSA) is 59.8 Å². The summed E-state index contributed by atoms with van der Waals surface area (Å²) in [6.07, 6.45) is 1.81. The molecular weight excluding hydrogens is 348 g/mol. The van der Waals surface area contributed by atoms with Crippen molar-refractivity contribution in [1.82, 2.24) is 0 Å². The molecule has 1 fully saturated rings. The second kappa shape index (κ2) is 8.29. The van der Waals surface area contributed by atoms with Crippen LogP contribution in [-0.2, 0) is 14.3 Å². The fourth-order valence-electron chi connectivity index (χ4n) is 2.74. The van der Waals surface area contributed by atoms with Crippen LogP contribution in [0.15, 0.2) is 28.7 Å². The van der Waals surface area contributed by atoms with E-state index in [0.29, 0.717) is 19.7 Å². The molecule has 1 amide bonds. The zero-order chi connectivity index (χ0) is 15.9. The summed E-state index contributed by atoms with van der Waals surface area (Å²) in [5.74, 6) is -0.237. The van der Waals surface area contributed by atoms with Gasteiger partial charge in [0, 0.05) is 10.2 Å². The number of carbonyl (C=O) groups excluding carboxylic acids is 2. The molecule has 5 nitrogen and oxygen atoms in total. The molecule has 1 heterocycles. The lowest BCUT2D eigenvalue weighted by Gasteiger charge is -2.28. The number of quaternary nitrogens is 1. The SMILES string of the molecule is CCOC(=O)[C@@H]1CCC[NH+](CC(=O)Nc2ccc(Br)cc2)C1. The number of carbonyl (C=O) groups is 2. The predicted octanol–water partition coefficient (Wildman–Crippen LogP) is 1.25. The van der Waals surface area contributed by atoms with Crippen LogP contribution in [0.5, 0.6) is 0 Å². The molecule has 0 bridgehead atoms. The average molecular weight is 370 g/mol. The van der Waals surface area contributed by atoms with Gasteiger partial charge in [0.2, 0.25) is 0 Å². The molecule has 1 saturated heterocycles. The molecule has 120 valence electrons. The molecule has 0 saturated carbocycles. The molecule has 2 rings (SSSR count). The van der Waals surface area contributed by atoms with E-state index in [-0.39, 0.29) is 17.8 Å². The van der Waals surface area contributed by atoms with Gasteiger partial charge >= 0.3 is 5.97 Å². The second-order valence-corrected chi connectivity index (χ2v) is 6.44. The number of esters is 1. The van der Waals surface area contributed by atoms with Crippen LogP contribution in [0.1, 0.15) is 19.8 Å². The van der Waals surface area contributed by atoms with Crippen molar-refractivity contribution in [1.29, 1.82) is 0 Å². The third-order valence-electron chi connectivity index (χ3n) is 3.78. The highest BCUT2D eigenvalue weighted by Gasteiger charge is 2.30. The van der Waals surface area contributed by atoms with Gasteiger partial charge in [-0.15, -0.1) is 0 Å². The Balaban J connectivity index is 1.83. The maximum Gasteiger partial charge on any atom is 0.314 e. The van der Waals surface area contributed by atoms with Gasteiger partial charge in [0.25, 0.3) is 5.91 Å². The molecule has 2 N–H and O–H groups in total. The number of likely N-dealkylation sites (tertiary alicyclic amines) is 1. The maximum atomic E-state index is 12.1. The van der Waals surface area contributed by atoms with Gasteiger partial charge in [0.1, 0.15) is 5.92 Å². The largest absolute Gasteiger partial charge is 0.466 e. The number of hydrogen-bond acceptors (Lipinski definition) is 3. The van der Waals surface area contributed by atoms with Crippen molar-refractivity contribution in [2.24, 2.45) is 5.92 Å². The third kappa shape index (κ3) is 5.10. The van der Waals surface area contributed by atoms with Crippen molar-refractivity contribution in [2.75, 3.05) is 31.6 Å². The zero-order valence-corrected chi connectivity index (χ0v) is 14.3. The van der Waals surface area contributed by atoms with Crippen LogP contribution in [0.4, 0.5) is 5.69 Å². The van der Waals surface area contributed by atoms with Crippen LogP contribution in [0, 0.1) is 5.92 Å². The molecule has 1 unspecified atom stereocenters. The number of anilines is 1. The summed E-state index contributed by atoms with van der Waals surface area (Å²) in [5, 5.41) is 2.89. The molecule has 0 spiro atoms. The van der Waals surface area contributed by atoms with Gasteiger partial charge in [-0.2, -0.15) is 0 Å². The highest BCUT2D eigenvalue weighted by molar-refractivity contribution is 9.10. The second-order valence-electron chi connectivity index (χ2n) is 5.53. The van der Waals surface area contributed by atoms with E-state index in [1.807, 2.05) is 31.2 Å². The van der Waals surface area contributed by atoms with Crippen LogP contribution in [-0.4, -0.2) is 38.1 Å². The van der Waals surface area contributed by atoms with E-state index in [4.69, 9.17) is 4.74 Å². The maximum absolute atomic E-state index is 12.1.